The van der Waals surface area contributed by atoms with Crippen LogP contribution >= 0.6 is 15.9 Å². The lowest BCUT2D eigenvalue weighted by atomic mass is 9.82. The maximum Gasteiger partial charge on any atom is 0.180 e. The van der Waals surface area contributed by atoms with Crippen LogP contribution in [0.15, 0.2) is 33.6 Å². The number of methoxy groups -OCH3 is 1. The van der Waals surface area contributed by atoms with Crippen molar-refractivity contribution in [2.24, 2.45) is 5.92 Å². The molecule has 0 N–H and O–H groups in total. The summed E-state index contributed by atoms with van der Waals surface area (Å²) in [6.07, 6.45) is 3.16. The third-order valence-corrected chi connectivity index (χ3v) is 5.75. The van der Waals surface area contributed by atoms with Gasteiger partial charge in [0, 0.05) is 11.6 Å². The van der Waals surface area contributed by atoms with Crippen LogP contribution in [0.5, 0.6) is 0 Å². The van der Waals surface area contributed by atoms with E-state index in [1.807, 2.05) is 6.07 Å². The lowest BCUT2D eigenvalue weighted by Crippen LogP contribution is -2.34. The smallest absolute Gasteiger partial charge is 0.180 e. The lowest BCUT2D eigenvalue weighted by Gasteiger charge is -2.32. The van der Waals surface area contributed by atoms with Gasteiger partial charge in [0.2, 0.25) is 0 Å². The van der Waals surface area contributed by atoms with Gasteiger partial charge in [-0.2, -0.15) is 0 Å². The summed E-state index contributed by atoms with van der Waals surface area (Å²) in [6.45, 7) is 0. The summed E-state index contributed by atoms with van der Waals surface area (Å²) in [5.74, 6) is 0.474. The molecular weight excluding hydrogens is 316 g/mol. The second kappa shape index (κ2) is 5.72. The largest absolute Gasteiger partial charge is 0.380 e. The Morgan fingerprint density at radius 3 is 2.67 bits per heavy atom. The van der Waals surface area contributed by atoms with Crippen molar-refractivity contribution in [1.29, 1.82) is 0 Å². The molecule has 1 aliphatic rings. The van der Waals surface area contributed by atoms with E-state index in [9.17, 15) is 8.42 Å². The molecule has 1 aliphatic carbocycles. The molecule has 0 aliphatic heterocycles. The van der Waals surface area contributed by atoms with Crippen LogP contribution in [0.25, 0.3) is 0 Å². The summed E-state index contributed by atoms with van der Waals surface area (Å²) >= 11 is 3.30. The van der Waals surface area contributed by atoms with Crippen LogP contribution in [-0.2, 0) is 14.6 Å². The lowest BCUT2D eigenvalue weighted by molar-refractivity contribution is 0.0353. The summed E-state index contributed by atoms with van der Waals surface area (Å²) in [6, 6.07) is 6.83. The highest BCUT2D eigenvalue weighted by Crippen LogP contribution is 2.32. The van der Waals surface area contributed by atoms with Gasteiger partial charge in [-0.25, -0.2) is 8.42 Å². The van der Waals surface area contributed by atoms with Crippen molar-refractivity contribution >= 4 is 25.8 Å². The maximum atomic E-state index is 12.3. The second-order valence-electron chi connectivity index (χ2n) is 4.70. The van der Waals surface area contributed by atoms with Crippen LogP contribution in [-0.4, -0.2) is 27.4 Å². The molecule has 1 unspecified atom stereocenters. The molecule has 0 spiro atoms. The molecule has 5 heteroatoms. The van der Waals surface area contributed by atoms with E-state index in [1.165, 1.54) is 6.42 Å². The van der Waals surface area contributed by atoms with Crippen molar-refractivity contribution in [3.63, 3.8) is 0 Å². The van der Waals surface area contributed by atoms with E-state index in [4.69, 9.17) is 4.74 Å². The van der Waals surface area contributed by atoms with Gasteiger partial charge in [-0.1, -0.05) is 28.4 Å². The van der Waals surface area contributed by atoms with Gasteiger partial charge in [0.05, 0.1) is 16.8 Å². The van der Waals surface area contributed by atoms with Crippen molar-refractivity contribution in [1.82, 2.24) is 0 Å². The first-order chi connectivity index (χ1) is 8.53. The normalized spacial score (nSPS) is 18.3. The maximum absolute atomic E-state index is 12.3. The summed E-state index contributed by atoms with van der Waals surface area (Å²) in [4.78, 5) is 0.359. The third kappa shape index (κ3) is 3.13. The average molecular weight is 333 g/mol. The summed E-state index contributed by atoms with van der Waals surface area (Å²) < 4.78 is 30.7. The molecule has 0 saturated heterocycles. The van der Waals surface area contributed by atoms with Gasteiger partial charge < -0.3 is 4.74 Å². The molecule has 1 aromatic rings. The first kappa shape index (κ1) is 14.0. The minimum Gasteiger partial charge on any atom is -0.380 e. The number of sulfone groups is 1. The number of hydrogen-bond acceptors (Lipinski definition) is 3. The molecule has 1 fully saturated rings. The monoisotopic (exact) mass is 332 g/mol. The van der Waals surface area contributed by atoms with Crippen LogP contribution < -0.4 is 0 Å². The van der Waals surface area contributed by atoms with E-state index in [0.29, 0.717) is 10.8 Å². The SMILES string of the molecule is COC(CS(=O)(=O)c1cccc(Br)c1)C1CCC1. The molecule has 100 valence electrons. The van der Waals surface area contributed by atoms with E-state index in [-0.39, 0.29) is 11.9 Å². The van der Waals surface area contributed by atoms with Crippen molar-refractivity contribution in [3.8, 4) is 0 Å². The topological polar surface area (TPSA) is 43.4 Å². The Hall–Kier alpha value is -0.390. The molecule has 0 aromatic heterocycles. The molecule has 2 rings (SSSR count). The fraction of sp³-hybridized carbons (Fsp3) is 0.538. The molecular formula is C13H17BrO3S. The van der Waals surface area contributed by atoms with Crippen molar-refractivity contribution in [3.05, 3.63) is 28.7 Å². The van der Waals surface area contributed by atoms with Crippen LogP contribution in [0.4, 0.5) is 0 Å². The van der Waals surface area contributed by atoms with Gasteiger partial charge in [0.25, 0.3) is 0 Å². The molecule has 18 heavy (non-hydrogen) atoms. The van der Waals surface area contributed by atoms with E-state index in [2.05, 4.69) is 15.9 Å². The van der Waals surface area contributed by atoms with E-state index in [1.54, 1.807) is 25.3 Å². The van der Waals surface area contributed by atoms with Crippen LogP contribution in [0.3, 0.4) is 0 Å². The fourth-order valence-electron chi connectivity index (χ4n) is 2.18. The predicted molar refractivity (Wildman–Crippen MR) is 74.3 cm³/mol. The van der Waals surface area contributed by atoms with Gasteiger partial charge in [-0.05, 0) is 37.0 Å². The van der Waals surface area contributed by atoms with Crippen LogP contribution in [0, 0.1) is 5.92 Å². The van der Waals surface area contributed by atoms with E-state index >= 15 is 0 Å². The highest BCUT2D eigenvalue weighted by atomic mass is 79.9. The number of hydrogen-bond donors (Lipinski definition) is 0. The number of rotatable bonds is 5. The third-order valence-electron chi connectivity index (χ3n) is 3.52. The molecule has 1 saturated carbocycles. The van der Waals surface area contributed by atoms with E-state index < -0.39 is 9.84 Å². The van der Waals surface area contributed by atoms with Crippen LogP contribution in [0.1, 0.15) is 19.3 Å². The molecule has 0 bridgehead atoms. The number of benzene rings is 1. The summed E-state index contributed by atoms with van der Waals surface area (Å²) in [5, 5.41) is 0. The van der Waals surface area contributed by atoms with Gasteiger partial charge in [-0.3, -0.25) is 0 Å². The zero-order valence-corrected chi connectivity index (χ0v) is 12.7. The fourth-order valence-corrected chi connectivity index (χ4v) is 4.36. The quantitative estimate of drug-likeness (QED) is 0.832. The zero-order valence-electron chi connectivity index (χ0n) is 10.3. The standard InChI is InChI=1S/C13H17BrO3S/c1-17-13(10-4-2-5-10)9-18(15,16)12-7-3-6-11(14)8-12/h3,6-8,10,13H,2,4-5,9H2,1H3. The number of ether oxygens (including phenoxy) is 1. The Kier molecular flexibility index (Phi) is 4.45. The Morgan fingerprint density at radius 2 is 2.17 bits per heavy atom. The summed E-state index contributed by atoms with van der Waals surface area (Å²) in [7, 11) is -1.67. The summed E-state index contributed by atoms with van der Waals surface area (Å²) in [5.41, 5.74) is 0. The Bertz CT molecular complexity index is 509. The first-order valence-corrected chi connectivity index (χ1v) is 8.48. The Labute approximate surface area is 117 Å². The number of halogens is 1. The predicted octanol–water partition coefficient (Wildman–Crippen LogP) is 3.04. The van der Waals surface area contributed by atoms with Gasteiger partial charge >= 0.3 is 0 Å². The highest BCUT2D eigenvalue weighted by Gasteiger charge is 2.31. The molecule has 0 radical (unpaired) electrons. The molecule has 3 nitrogen and oxygen atoms in total. The Morgan fingerprint density at radius 1 is 1.44 bits per heavy atom. The van der Waals surface area contributed by atoms with Crippen molar-refractivity contribution in [2.75, 3.05) is 12.9 Å². The first-order valence-electron chi connectivity index (χ1n) is 6.04. The van der Waals surface area contributed by atoms with E-state index in [0.717, 1.165) is 17.3 Å². The highest BCUT2D eigenvalue weighted by molar-refractivity contribution is 9.10. The molecule has 0 heterocycles. The van der Waals surface area contributed by atoms with Gasteiger partial charge in [0.1, 0.15) is 0 Å². The zero-order chi connectivity index (χ0) is 13.2. The average Bonchev–Trinajstić information content (AvgIpc) is 2.25. The molecule has 1 aromatic carbocycles. The minimum absolute atomic E-state index is 0.0740. The molecule has 0 amide bonds. The van der Waals surface area contributed by atoms with Crippen LogP contribution in [0.2, 0.25) is 0 Å². The van der Waals surface area contributed by atoms with Gasteiger partial charge in [0.15, 0.2) is 9.84 Å². The van der Waals surface area contributed by atoms with Crippen molar-refractivity contribution in [2.45, 2.75) is 30.3 Å². The second-order valence-corrected chi connectivity index (χ2v) is 7.65. The Balaban J connectivity index is 2.15. The van der Waals surface area contributed by atoms with Crippen molar-refractivity contribution < 1.29 is 13.2 Å². The van der Waals surface area contributed by atoms with Gasteiger partial charge in [-0.15, -0.1) is 0 Å². The minimum atomic E-state index is -3.27. The molecule has 1 atom stereocenters.